The van der Waals surface area contributed by atoms with Gasteiger partial charge in [-0.1, -0.05) is 38.1 Å². The monoisotopic (exact) mass is 377 g/mol. The lowest BCUT2D eigenvalue weighted by Gasteiger charge is -2.19. The molecule has 0 aliphatic heterocycles. The Hall–Kier alpha value is -1.15. The van der Waals surface area contributed by atoms with Gasteiger partial charge >= 0.3 is 0 Å². The molecule has 0 saturated heterocycles. The Morgan fingerprint density at radius 1 is 1.12 bits per heavy atom. The summed E-state index contributed by atoms with van der Waals surface area (Å²) >= 11 is 0. The molecule has 24 heavy (non-hydrogen) atoms. The number of nitrogens with zero attached hydrogens (tertiary/aromatic N) is 1. The average molecular weight is 378 g/mol. The van der Waals surface area contributed by atoms with Crippen LogP contribution < -0.4 is 10.5 Å². The highest BCUT2D eigenvalue weighted by Gasteiger charge is 2.29. The van der Waals surface area contributed by atoms with Gasteiger partial charge in [0.15, 0.2) is 5.25 Å². The van der Waals surface area contributed by atoms with Crippen molar-refractivity contribution >= 4 is 28.3 Å². The molecule has 138 valence electrons. The lowest BCUT2D eigenvalue weighted by molar-refractivity contribution is -0.127. The van der Waals surface area contributed by atoms with E-state index in [9.17, 15) is 13.2 Å². The van der Waals surface area contributed by atoms with Gasteiger partial charge in [-0.15, -0.1) is 12.4 Å². The van der Waals surface area contributed by atoms with Crippen molar-refractivity contribution in [3.8, 4) is 0 Å². The molecule has 0 bridgehead atoms. The first-order valence-corrected chi connectivity index (χ1v) is 9.16. The molecule has 2 unspecified atom stereocenters. The molecular formula is C16H28ClN3O3S. The minimum Gasteiger partial charge on any atom is -0.348 e. The van der Waals surface area contributed by atoms with Gasteiger partial charge in [0.2, 0.25) is 15.9 Å². The molecule has 1 rings (SSSR count). The fourth-order valence-corrected chi connectivity index (χ4v) is 3.21. The van der Waals surface area contributed by atoms with Crippen LogP contribution in [0, 0.1) is 0 Å². The molecule has 0 fully saturated rings. The van der Waals surface area contributed by atoms with Gasteiger partial charge in [-0.2, -0.15) is 0 Å². The van der Waals surface area contributed by atoms with Crippen molar-refractivity contribution in [3.05, 3.63) is 35.4 Å². The van der Waals surface area contributed by atoms with E-state index in [-0.39, 0.29) is 19.0 Å². The van der Waals surface area contributed by atoms with Crippen molar-refractivity contribution in [2.45, 2.75) is 38.0 Å². The Kier molecular flexibility index (Phi) is 8.91. The number of hydrogen-bond acceptors (Lipinski definition) is 4. The van der Waals surface area contributed by atoms with Gasteiger partial charge in [-0.3, -0.25) is 4.79 Å². The maximum atomic E-state index is 12.1. The van der Waals surface area contributed by atoms with E-state index in [0.717, 1.165) is 5.56 Å². The second-order valence-electron chi connectivity index (χ2n) is 6.20. The molecular weight excluding hydrogens is 350 g/mol. The summed E-state index contributed by atoms with van der Waals surface area (Å²) in [6, 6.07) is 7.33. The second kappa shape index (κ2) is 9.36. The number of hydrogen-bond donors (Lipinski definition) is 2. The summed E-state index contributed by atoms with van der Waals surface area (Å²) in [5.41, 5.74) is 8.09. The van der Waals surface area contributed by atoms with Crippen LogP contribution in [-0.4, -0.2) is 45.1 Å². The van der Waals surface area contributed by atoms with Crippen LogP contribution >= 0.6 is 12.4 Å². The van der Waals surface area contributed by atoms with E-state index < -0.39 is 27.2 Å². The lowest BCUT2D eigenvalue weighted by atomic mass is 9.99. The van der Waals surface area contributed by atoms with E-state index in [4.69, 9.17) is 5.73 Å². The molecule has 0 aliphatic rings. The zero-order valence-corrected chi connectivity index (χ0v) is 16.4. The number of nitrogens with one attached hydrogen (secondary N) is 1. The summed E-state index contributed by atoms with van der Waals surface area (Å²) in [4.78, 5) is 13.0. The summed E-state index contributed by atoms with van der Waals surface area (Å²) in [7, 11) is -0.702. The number of benzene rings is 1. The minimum atomic E-state index is -3.75. The maximum Gasteiger partial charge on any atom is 0.241 e. The molecule has 0 radical (unpaired) electrons. The molecule has 1 amide bonds. The van der Waals surface area contributed by atoms with Gasteiger partial charge in [-0.25, -0.2) is 13.1 Å². The molecule has 1 aromatic carbocycles. The van der Waals surface area contributed by atoms with Crippen LogP contribution in [0.1, 0.15) is 43.9 Å². The van der Waals surface area contributed by atoms with Gasteiger partial charge in [0.25, 0.3) is 0 Å². The Morgan fingerprint density at radius 3 is 2.00 bits per heavy atom. The number of carbonyl (C=O) groups excluding carboxylic acids is 1. The number of carbonyl (C=O) groups is 1. The van der Waals surface area contributed by atoms with E-state index in [0.29, 0.717) is 5.92 Å². The van der Waals surface area contributed by atoms with Crippen LogP contribution in [0.15, 0.2) is 24.3 Å². The Bertz CT molecular complexity index is 630. The molecule has 0 saturated carbocycles. The molecule has 0 aromatic heterocycles. The van der Waals surface area contributed by atoms with Crippen molar-refractivity contribution in [2.75, 3.05) is 20.6 Å². The van der Waals surface area contributed by atoms with Gasteiger partial charge < -0.3 is 10.6 Å². The highest BCUT2D eigenvalue weighted by atomic mass is 35.5. The van der Waals surface area contributed by atoms with E-state index in [1.807, 2.05) is 24.3 Å². The third-order valence-electron chi connectivity index (χ3n) is 3.79. The van der Waals surface area contributed by atoms with Crippen molar-refractivity contribution in [3.63, 3.8) is 0 Å². The van der Waals surface area contributed by atoms with Crippen LogP contribution in [-0.2, 0) is 14.8 Å². The fraction of sp³-hybridized carbons (Fsp3) is 0.562. The summed E-state index contributed by atoms with van der Waals surface area (Å²) in [6.45, 7) is 5.63. The van der Waals surface area contributed by atoms with E-state index >= 15 is 0 Å². The van der Waals surface area contributed by atoms with E-state index in [2.05, 4.69) is 18.6 Å². The third kappa shape index (κ3) is 6.05. The summed E-state index contributed by atoms with van der Waals surface area (Å²) in [5, 5.41) is -1.15. The largest absolute Gasteiger partial charge is 0.348 e. The highest BCUT2D eigenvalue weighted by Crippen LogP contribution is 2.17. The quantitative estimate of drug-likeness (QED) is 0.755. The first kappa shape index (κ1) is 22.9. The number of halogens is 1. The molecule has 8 heteroatoms. The minimum absolute atomic E-state index is 0. The van der Waals surface area contributed by atoms with Gasteiger partial charge in [-0.05, 0) is 24.0 Å². The van der Waals surface area contributed by atoms with Crippen LogP contribution in [0.4, 0.5) is 0 Å². The third-order valence-corrected chi connectivity index (χ3v) is 5.49. The Morgan fingerprint density at radius 2 is 1.58 bits per heavy atom. The standard InChI is InChI=1S/C16H27N3O3S.ClH/c1-11(2)13-6-8-14(9-7-13)15(17)10-18-23(21,22)12(3)16(20)19(4)5;/h6-9,11-12,15,18H,10,17H2,1-5H3;1H. The molecule has 1 aromatic rings. The van der Waals surface area contributed by atoms with E-state index in [1.54, 1.807) is 0 Å². The van der Waals surface area contributed by atoms with Crippen LogP contribution in [0.25, 0.3) is 0 Å². The average Bonchev–Trinajstić information content (AvgIpc) is 2.51. The summed E-state index contributed by atoms with van der Waals surface area (Å²) in [6.07, 6.45) is 0. The van der Waals surface area contributed by atoms with Crippen LogP contribution in [0.5, 0.6) is 0 Å². The van der Waals surface area contributed by atoms with Crippen molar-refractivity contribution < 1.29 is 13.2 Å². The topological polar surface area (TPSA) is 92.5 Å². The predicted molar refractivity (Wildman–Crippen MR) is 99.8 cm³/mol. The Balaban J connectivity index is 0.00000529. The number of sulfonamides is 1. The molecule has 6 nitrogen and oxygen atoms in total. The second-order valence-corrected chi connectivity index (χ2v) is 8.28. The van der Waals surface area contributed by atoms with Gasteiger partial charge in [0.1, 0.15) is 0 Å². The fourth-order valence-electron chi connectivity index (χ4n) is 2.07. The van der Waals surface area contributed by atoms with Crippen LogP contribution in [0.3, 0.4) is 0 Å². The number of rotatable bonds is 7. The highest BCUT2D eigenvalue weighted by molar-refractivity contribution is 7.90. The smallest absolute Gasteiger partial charge is 0.241 e. The SMILES string of the molecule is CC(C)c1ccc(C(N)CNS(=O)(=O)C(C)C(=O)N(C)C)cc1.Cl. The lowest BCUT2D eigenvalue weighted by Crippen LogP contribution is -2.44. The molecule has 0 heterocycles. The molecule has 2 atom stereocenters. The van der Waals surface area contributed by atoms with Gasteiger partial charge in [0, 0.05) is 26.7 Å². The number of amides is 1. The van der Waals surface area contributed by atoms with E-state index in [1.165, 1.54) is 31.5 Å². The maximum absolute atomic E-state index is 12.1. The first-order valence-electron chi connectivity index (χ1n) is 7.61. The van der Waals surface area contributed by atoms with Crippen molar-refractivity contribution in [2.24, 2.45) is 5.73 Å². The summed E-state index contributed by atoms with van der Waals surface area (Å²) < 4.78 is 26.7. The first-order chi connectivity index (χ1) is 10.6. The summed E-state index contributed by atoms with van der Waals surface area (Å²) in [5.74, 6) is -0.0379. The molecule has 3 N–H and O–H groups in total. The predicted octanol–water partition coefficient (Wildman–Crippen LogP) is 1.63. The zero-order valence-electron chi connectivity index (χ0n) is 14.8. The number of nitrogens with two attached hydrogens (primary N) is 1. The normalized spacial score (nSPS) is 14.0. The Labute approximate surface area is 151 Å². The molecule has 0 aliphatic carbocycles. The zero-order chi connectivity index (χ0) is 17.8. The van der Waals surface area contributed by atoms with Crippen molar-refractivity contribution in [1.82, 2.24) is 9.62 Å². The molecule has 0 spiro atoms. The van der Waals surface area contributed by atoms with Gasteiger partial charge in [0.05, 0.1) is 0 Å². The van der Waals surface area contributed by atoms with Crippen molar-refractivity contribution in [1.29, 1.82) is 0 Å². The van der Waals surface area contributed by atoms with Crippen LogP contribution in [0.2, 0.25) is 0 Å².